The van der Waals surface area contributed by atoms with Crippen molar-refractivity contribution in [3.8, 4) is 6.07 Å². The normalized spacial score (nSPS) is 15.5. The Balaban J connectivity index is 2.30. The van der Waals surface area contributed by atoms with E-state index in [-0.39, 0.29) is 11.2 Å². The van der Waals surface area contributed by atoms with Gasteiger partial charge < -0.3 is 4.98 Å². The lowest BCUT2D eigenvalue weighted by Gasteiger charge is -2.32. The van der Waals surface area contributed by atoms with Gasteiger partial charge in [-0.05, 0) is 36.6 Å². The molecule has 0 amide bonds. The summed E-state index contributed by atoms with van der Waals surface area (Å²) in [6.07, 6.45) is 3.59. The Morgan fingerprint density at radius 1 is 1.38 bits per heavy atom. The Labute approximate surface area is 142 Å². The molecule has 1 aromatic carbocycles. The Morgan fingerprint density at radius 2 is 2.08 bits per heavy atom. The van der Waals surface area contributed by atoms with Gasteiger partial charge in [-0.25, -0.2) is 0 Å². The van der Waals surface area contributed by atoms with Crippen LogP contribution in [-0.4, -0.2) is 10.8 Å². The maximum Gasteiger partial charge on any atom is 0.195 e. The summed E-state index contributed by atoms with van der Waals surface area (Å²) < 4.78 is 0. The predicted molar refractivity (Wildman–Crippen MR) is 96.9 cm³/mol. The van der Waals surface area contributed by atoms with Crippen molar-refractivity contribution in [2.75, 3.05) is 0 Å². The fourth-order valence-electron chi connectivity index (χ4n) is 3.43. The van der Waals surface area contributed by atoms with Gasteiger partial charge in [0.05, 0.1) is 6.07 Å². The first-order chi connectivity index (χ1) is 11.3. The number of ketones is 1. The lowest BCUT2D eigenvalue weighted by Crippen LogP contribution is -2.30. The summed E-state index contributed by atoms with van der Waals surface area (Å²) in [6, 6.07) is 7.98. The first-order valence-electron chi connectivity index (χ1n) is 7.94. The standard InChI is InChI=1S/C21H20N2O/c1-6-14-7-8-15-16(10-14)21(4,5)20-18(19(15)24)13(3)17(23-20)9-12(2)11-22/h6-10,23H,1H2,2-5H3/b12-9+. The number of hydrogen-bond donors (Lipinski definition) is 1. The van der Waals surface area contributed by atoms with Crippen molar-refractivity contribution in [3.63, 3.8) is 0 Å². The largest absolute Gasteiger partial charge is 0.357 e. The third-order valence-corrected chi connectivity index (χ3v) is 4.88. The first-order valence-corrected chi connectivity index (χ1v) is 7.94. The fourth-order valence-corrected chi connectivity index (χ4v) is 3.43. The summed E-state index contributed by atoms with van der Waals surface area (Å²) in [5.41, 5.74) is 6.41. The monoisotopic (exact) mass is 316 g/mol. The molecule has 1 aliphatic rings. The molecule has 120 valence electrons. The molecule has 0 bridgehead atoms. The van der Waals surface area contributed by atoms with Gasteiger partial charge in [-0.15, -0.1) is 0 Å². The highest BCUT2D eigenvalue weighted by Gasteiger charge is 2.39. The average Bonchev–Trinajstić information content (AvgIpc) is 2.90. The Hall–Kier alpha value is -2.86. The van der Waals surface area contributed by atoms with Crippen LogP contribution >= 0.6 is 0 Å². The van der Waals surface area contributed by atoms with Crippen molar-refractivity contribution in [1.82, 2.24) is 4.98 Å². The highest BCUT2D eigenvalue weighted by Crippen LogP contribution is 2.43. The summed E-state index contributed by atoms with van der Waals surface area (Å²) in [5, 5.41) is 9.04. The number of aromatic amines is 1. The minimum Gasteiger partial charge on any atom is -0.357 e. The summed E-state index contributed by atoms with van der Waals surface area (Å²) in [4.78, 5) is 16.4. The summed E-state index contributed by atoms with van der Waals surface area (Å²) in [5.74, 6) is 0.0398. The Kier molecular flexibility index (Phi) is 3.57. The molecule has 3 heteroatoms. The number of hydrogen-bond acceptors (Lipinski definition) is 2. The molecule has 0 aliphatic heterocycles. The van der Waals surface area contributed by atoms with Gasteiger partial charge in [0.2, 0.25) is 0 Å². The zero-order valence-electron chi connectivity index (χ0n) is 14.4. The van der Waals surface area contributed by atoms with E-state index in [1.807, 2.05) is 25.1 Å². The SMILES string of the molecule is C=Cc1ccc2c(c1)C(C)(C)c1[nH]c(/C=C(\C)C#N)c(C)c1C2=O. The second kappa shape index (κ2) is 5.35. The number of H-pyrrole nitrogens is 1. The maximum atomic E-state index is 13.1. The van der Waals surface area contributed by atoms with Crippen molar-refractivity contribution in [1.29, 1.82) is 5.26 Å². The van der Waals surface area contributed by atoms with Gasteiger partial charge in [0.15, 0.2) is 5.78 Å². The molecule has 1 aliphatic carbocycles. The van der Waals surface area contributed by atoms with E-state index in [0.717, 1.165) is 39.2 Å². The van der Waals surface area contributed by atoms with E-state index in [1.54, 1.807) is 19.1 Å². The number of benzene rings is 1. The number of carbonyl (C=O) groups excluding carboxylic acids is 1. The summed E-state index contributed by atoms with van der Waals surface area (Å²) in [6.45, 7) is 11.7. The molecule has 3 rings (SSSR count). The number of nitrogens with zero attached hydrogens (tertiary/aromatic N) is 1. The molecule has 0 saturated carbocycles. The highest BCUT2D eigenvalue weighted by molar-refractivity contribution is 6.14. The van der Waals surface area contributed by atoms with Crippen LogP contribution in [0.25, 0.3) is 12.2 Å². The molecule has 0 atom stereocenters. The van der Waals surface area contributed by atoms with Crippen LogP contribution in [0.2, 0.25) is 0 Å². The van der Waals surface area contributed by atoms with Gasteiger partial charge in [0.1, 0.15) is 0 Å². The molecule has 1 N–H and O–H groups in total. The molecular formula is C21H20N2O. The quantitative estimate of drug-likeness (QED) is 0.812. The van der Waals surface area contributed by atoms with Crippen LogP contribution in [0.15, 0.2) is 30.4 Å². The number of aromatic nitrogens is 1. The van der Waals surface area contributed by atoms with E-state index in [9.17, 15) is 4.79 Å². The van der Waals surface area contributed by atoms with Crippen molar-refractivity contribution < 1.29 is 4.79 Å². The van der Waals surface area contributed by atoms with E-state index >= 15 is 0 Å². The number of allylic oxidation sites excluding steroid dienone is 1. The van der Waals surface area contributed by atoms with Crippen molar-refractivity contribution >= 4 is 17.9 Å². The van der Waals surface area contributed by atoms with Gasteiger partial charge in [-0.1, -0.05) is 44.7 Å². The van der Waals surface area contributed by atoms with Crippen LogP contribution in [0, 0.1) is 18.3 Å². The summed E-state index contributed by atoms with van der Waals surface area (Å²) >= 11 is 0. The Morgan fingerprint density at radius 3 is 2.71 bits per heavy atom. The van der Waals surface area contributed by atoms with E-state index in [2.05, 4.69) is 31.5 Å². The van der Waals surface area contributed by atoms with Crippen molar-refractivity contribution in [3.05, 3.63) is 69.6 Å². The average molecular weight is 316 g/mol. The molecule has 24 heavy (non-hydrogen) atoms. The molecule has 2 aromatic rings. The molecule has 3 nitrogen and oxygen atoms in total. The molecule has 1 aromatic heterocycles. The van der Waals surface area contributed by atoms with Gasteiger partial charge >= 0.3 is 0 Å². The molecule has 0 spiro atoms. The van der Waals surface area contributed by atoms with E-state index in [4.69, 9.17) is 5.26 Å². The minimum absolute atomic E-state index is 0.0398. The van der Waals surface area contributed by atoms with E-state index in [0.29, 0.717) is 5.57 Å². The third kappa shape index (κ3) is 2.15. The van der Waals surface area contributed by atoms with Crippen LogP contribution in [0.3, 0.4) is 0 Å². The lowest BCUT2D eigenvalue weighted by atomic mass is 9.70. The van der Waals surface area contributed by atoms with Gasteiger partial charge in [0, 0.05) is 33.5 Å². The molecule has 0 fully saturated rings. The van der Waals surface area contributed by atoms with E-state index < -0.39 is 0 Å². The third-order valence-electron chi connectivity index (χ3n) is 4.88. The van der Waals surface area contributed by atoms with Crippen molar-refractivity contribution in [2.24, 2.45) is 0 Å². The number of carbonyl (C=O) groups is 1. The lowest BCUT2D eigenvalue weighted by molar-refractivity contribution is 0.103. The van der Waals surface area contributed by atoms with Crippen LogP contribution < -0.4 is 0 Å². The molecule has 0 unspecified atom stereocenters. The molecular weight excluding hydrogens is 296 g/mol. The number of nitrogens with one attached hydrogen (secondary N) is 1. The molecule has 0 radical (unpaired) electrons. The van der Waals surface area contributed by atoms with Gasteiger partial charge in [0.25, 0.3) is 0 Å². The smallest absolute Gasteiger partial charge is 0.195 e. The highest BCUT2D eigenvalue weighted by atomic mass is 16.1. The van der Waals surface area contributed by atoms with Crippen LogP contribution in [-0.2, 0) is 5.41 Å². The zero-order chi connectivity index (χ0) is 17.6. The van der Waals surface area contributed by atoms with Crippen LogP contribution in [0.4, 0.5) is 0 Å². The number of rotatable bonds is 2. The number of nitriles is 1. The minimum atomic E-state index is -0.324. The predicted octanol–water partition coefficient (Wildman–Crippen LogP) is 4.76. The van der Waals surface area contributed by atoms with Gasteiger partial charge in [-0.2, -0.15) is 5.26 Å². The van der Waals surface area contributed by atoms with Crippen LogP contribution in [0.5, 0.6) is 0 Å². The zero-order valence-corrected chi connectivity index (χ0v) is 14.4. The second-order valence-corrected chi connectivity index (χ2v) is 6.82. The molecule has 1 heterocycles. The van der Waals surface area contributed by atoms with E-state index in [1.165, 1.54) is 0 Å². The maximum absolute atomic E-state index is 13.1. The second-order valence-electron chi connectivity index (χ2n) is 6.82. The van der Waals surface area contributed by atoms with Crippen LogP contribution in [0.1, 0.15) is 64.8 Å². The van der Waals surface area contributed by atoms with Crippen molar-refractivity contribution in [2.45, 2.75) is 33.1 Å². The number of fused-ring (bicyclic) bond motifs is 2. The fraction of sp³-hybridized carbons (Fsp3) is 0.238. The topological polar surface area (TPSA) is 56.6 Å². The summed E-state index contributed by atoms with van der Waals surface area (Å²) in [7, 11) is 0. The van der Waals surface area contributed by atoms with Gasteiger partial charge in [-0.3, -0.25) is 4.79 Å². The Bertz CT molecular complexity index is 949. The first kappa shape index (κ1) is 16.0. The molecule has 0 saturated heterocycles.